The highest BCUT2D eigenvalue weighted by atomic mass is 16.2. The third kappa shape index (κ3) is 3.97. The van der Waals surface area contributed by atoms with E-state index in [9.17, 15) is 4.79 Å². The van der Waals surface area contributed by atoms with Crippen molar-refractivity contribution in [3.05, 3.63) is 0 Å². The first kappa shape index (κ1) is 15.8. The predicted molar refractivity (Wildman–Crippen MR) is 83.4 cm³/mol. The van der Waals surface area contributed by atoms with Gasteiger partial charge in [0, 0.05) is 12.5 Å². The summed E-state index contributed by atoms with van der Waals surface area (Å²) in [6.07, 6.45) is 13.2. The smallest absolute Gasteiger partial charge is 0.223 e. The molecule has 2 saturated carbocycles. The molecule has 0 saturated heterocycles. The largest absolute Gasteiger partial charge is 0.349 e. The lowest BCUT2D eigenvalue weighted by molar-refractivity contribution is -0.128. The van der Waals surface area contributed by atoms with Crippen molar-refractivity contribution in [1.82, 2.24) is 5.32 Å². The van der Waals surface area contributed by atoms with E-state index in [1.165, 1.54) is 44.9 Å². The first-order chi connectivity index (χ1) is 9.69. The molecule has 3 N–H and O–H groups in total. The number of nitrogens with two attached hydrogens (primary N) is 1. The maximum atomic E-state index is 12.5. The molecule has 0 heterocycles. The summed E-state index contributed by atoms with van der Waals surface area (Å²) in [5.41, 5.74) is 5.84. The monoisotopic (exact) mass is 280 g/mol. The molecule has 0 spiro atoms. The first-order valence-electron chi connectivity index (χ1n) is 8.71. The normalized spacial score (nSPS) is 29.3. The van der Waals surface area contributed by atoms with E-state index in [-0.39, 0.29) is 17.4 Å². The number of nitrogens with one attached hydrogen (secondary N) is 1. The van der Waals surface area contributed by atoms with Gasteiger partial charge in [0.1, 0.15) is 0 Å². The minimum absolute atomic E-state index is 0.0733. The van der Waals surface area contributed by atoms with E-state index in [1.807, 2.05) is 0 Å². The molecule has 0 aliphatic heterocycles. The highest BCUT2D eigenvalue weighted by molar-refractivity contribution is 5.79. The van der Waals surface area contributed by atoms with Crippen molar-refractivity contribution in [2.45, 2.75) is 83.1 Å². The molecule has 2 rings (SSSR count). The number of carbonyl (C=O) groups excluding carboxylic acids is 1. The molecule has 116 valence electrons. The molecule has 20 heavy (non-hydrogen) atoms. The van der Waals surface area contributed by atoms with Crippen LogP contribution in [0, 0.1) is 11.8 Å². The van der Waals surface area contributed by atoms with Crippen LogP contribution in [-0.2, 0) is 4.79 Å². The highest BCUT2D eigenvalue weighted by Crippen LogP contribution is 2.34. The quantitative estimate of drug-likeness (QED) is 0.783. The van der Waals surface area contributed by atoms with E-state index < -0.39 is 0 Å². The third-order valence-electron chi connectivity index (χ3n) is 5.52. The summed E-state index contributed by atoms with van der Waals surface area (Å²) in [5.74, 6) is 1.40. The molecule has 0 aromatic rings. The van der Waals surface area contributed by atoms with E-state index in [1.54, 1.807) is 0 Å². The molecule has 2 fully saturated rings. The standard InChI is InChI=1S/C17H32N2O/c1-2-3-6-14-7-9-15(10-8-14)16(20)19-17(13-18)11-4-5-12-17/h14-15H,2-13,18H2,1H3,(H,19,20). The van der Waals surface area contributed by atoms with Crippen molar-refractivity contribution < 1.29 is 4.79 Å². The average molecular weight is 280 g/mol. The van der Waals surface area contributed by atoms with Gasteiger partial charge < -0.3 is 11.1 Å². The molecule has 0 aromatic carbocycles. The SMILES string of the molecule is CCCCC1CCC(C(=O)NC2(CN)CCCC2)CC1. The fourth-order valence-electron chi connectivity index (χ4n) is 4.00. The maximum Gasteiger partial charge on any atom is 0.223 e. The lowest BCUT2D eigenvalue weighted by Crippen LogP contribution is -2.53. The van der Waals surface area contributed by atoms with Crippen molar-refractivity contribution in [3.63, 3.8) is 0 Å². The first-order valence-corrected chi connectivity index (χ1v) is 8.71. The Morgan fingerprint density at radius 1 is 1.20 bits per heavy atom. The maximum absolute atomic E-state index is 12.5. The number of rotatable bonds is 6. The van der Waals surface area contributed by atoms with Crippen LogP contribution in [0.3, 0.4) is 0 Å². The van der Waals surface area contributed by atoms with Gasteiger partial charge in [-0.05, 0) is 44.4 Å². The van der Waals surface area contributed by atoms with Crippen molar-refractivity contribution in [1.29, 1.82) is 0 Å². The fraction of sp³-hybridized carbons (Fsp3) is 0.941. The van der Waals surface area contributed by atoms with Crippen molar-refractivity contribution >= 4 is 5.91 Å². The zero-order valence-electron chi connectivity index (χ0n) is 13.1. The van der Waals surface area contributed by atoms with Crippen LogP contribution in [0.5, 0.6) is 0 Å². The molecule has 2 aliphatic rings. The molecule has 1 amide bonds. The number of unbranched alkanes of at least 4 members (excludes halogenated alkanes) is 1. The topological polar surface area (TPSA) is 55.1 Å². The molecule has 0 bridgehead atoms. The summed E-state index contributed by atoms with van der Waals surface area (Å²) in [7, 11) is 0. The minimum atomic E-state index is -0.0733. The lowest BCUT2D eigenvalue weighted by Gasteiger charge is -2.33. The Hall–Kier alpha value is -0.570. The molecular formula is C17H32N2O. The predicted octanol–water partition coefficient (Wildman–Crippen LogP) is 3.37. The van der Waals surface area contributed by atoms with E-state index in [0.717, 1.165) is 31.6 Å². The molecule has 2 aliphatic carbocycles. The van der Waals surface area contributed by atoms with Gasteiger partial charge >= 0.3 is 0 Å². The van der Waals surface area contributed by atoms with Gasteiger partial charge in [0.15, 0.2) is 0 Å². The van der Waals surface area contributed by atoms with Crippen LogP contribution in [0.15, 0.2) is 0 Å². The summed E-state index contributed by atoms with van der Waals surface area (Å²) in [5, 5.41) is 3.31. The Morgan fingerprint density at radius 2 is 1.85 bits per heavy atom. The van der Waals surface area contributed by atoms with Gasteiger partial charge in [0.05, 0.1) is 5.54 Å². The molecule has 0 aromatic heterocycles. The van der Waals surface area contributed by atoms with Crippen LogP contribution >= 0.6 is 0 Å². The molecule has 0 unspecified atom stereocenters. The summed E-state index contributed by atoms with van der Waals surface area (Å²) < 4.78 is 0. The molecule has 0 atom stereocenters. The van der Waals surface area contributed by atoms with E-state index in [4.69, 9.17) is 5.73 Å². The van der Waals surface area contributed by atoms with Crippen LogP contribution in [0.2, 0.25) is 0 Å². The van der Waals surface area contributed by atoms with Crippen LogP contribution < -0.4 is 11.1 Å². The molecular weight excluding hydrogens is 248 g/mol. The van der Waals surface area contributed by atoms with Crippen LogP contribution in [-0.4, -0.2) is 18.0 Å². The second kappa shape index (κ2) is 7.44. The van der Waals surface area contributed by atoms with E-state index in [2.05, 4.69) is 12.2 Å². The second-order valence-corrected chi connectivity index (χ2v) is 7.04. The fourth-order valence-corrected chi connectivity index (χ4v) is 4.00. The van der Waals surface area contributed by atoms with Crippen LogP contribution in [0.1, 0.15) is 77.6 Å². The Labute approximate surface area is 124 Å². The zero-order valence-corrected chi connectivity index (χ0v) is 13.1. The minimum Gasteiger partial charge on any atom is -0.349 e. The summed E-state index contributed by atoms with van der Waals surface area (Å²) >= 11 is 0. The van der Waals surface area contributed by atoms with Gasteiger partial charge in [-0.3, -0.25) is 4.79 Å². The molecule has 0 radical (unpaired) electrons. The van der Waals surface area contributed by atoms with Gasteiger partial charge in [-0.1, -0.05) is 39.0 Å². The van der Waals surface area contributed by atoms with Crippen molar-refractivity contribution in [2.75, 3.05) is 6.54 Å². The summed E-state index contributed by atoms with van der Waals surface area (Å²) in [6, 6.07) is 0. The molecule has 3 nitrogen and oxygen atoms in total. The Kier molecular flexibility index (Phi) is 5.88. The molecule has 3 heteroatoms. The summed E-state index contributed by atoms with van der Waals surface area (Å²) in [4.78, 5) is 12.5. The zero-order chi connectivity index (χ0) is 14.4. The van der Waals surface area contributed by atoms with Gasteiger partial charge in [0.25, 0.3) is 0 Å². The van der Waals surface area contributed by atoms with Gasteiger partial charge in [0.2, 0.25) is 5.91 Å². The van der Waals surface area contributed by atoms with E-state index >= 15 is 0 Å². The van der Waals surface area contributed by atoms with Crippen molar-refractivity contribution in [2.24, 2.45) is 17.6 Å². The lowest BCUT2D eigenvalue weighted by atomic mass is 9.79. The number of hydrogen-bond donors (Lipinski definition) is 2. The van der Waals surface area contributed by atoms with Gasteiger partial charge in [-0.25, -0.2) is 0 Å². The Balaban J connectivity index is 1.77. The number of carbonyl (C=O) groups is 1. The number of amides is 1. The van der Waals surface area contributed by atoms with Crippen molar-refractivity contribution in [3.8, 4) is 0 Å². The van der Waals surface area contributed by atoms with Gasteiger partial charge in [-0.15, -0.1) is 0 Å². The van der Waals surface area contributed by atoms with E-state index in [0.29, 0.717) is 6.54 Å². The number of hydrogen-bond acceptors (Lipinski definition) is 2. The second-order valence-electron chi connectivity index (χ2n) is 7.04. The highest BCUT2D eigenvalue weighted by Gasteiger charge is 2.36. The Morgan fingerprint density at radius 3 is 2.40 bits per heavy atom. The third-order valence-corrected chi connectivity index (χ3v) is 5.52. The Bertz CT molecular complexity index is 302. The van der Waals surface area contributed by atoms with Gasteiger partial charge in [-0.2, -0.15) is 0 Å². The average Bonchev–Trinajstić information content (AvgIpc) is 2.94. The van der Waals surface area contributed by atoms with Crippen LogP contribution in [0.4, 0.5) is 0 Å². The van der Waals surface area contributed by atoms with Crippen LogP contribution in [0.25, 0.3) is 0 Å². The summed E-state index contributed by atoms with van der Waals surface area (Å²) in [6.45, 7) is 2.86.